The second-order valence-electron chi connectivity index (χ2n) is 5.13. The first-order chi connectivity index (χ1) is 8.99. The molecule has 0 aromatic heterocycles. The highest BCUT2D eigenvalue weighted by Gasteiger charge is 2.29. The van der Waals surface area contributed by atoms with Crippen LogP contribution in [0.1, 0.15) is 30.6 Å². The van der Waals surface area contributed by atoms with Crippen molar-refractivity contribution in [1.29, 1.82) is 0 Å². The summed E-state index contributed by atoms with van der Waals surface area (Å²) in [5, 5.41) is 6.43. The molecule has 0 aliphatic carbocycles. The normalized spacial score (nSPS) is 25.7. The van der Waals surface area contributed by atoms with Crippen LogP contribution >= 0.6 is 35.0 Å². The predicted molar refractivity (Wildman–Crippen MR) is 88.9 cm³/mol. The Kier molecular flexibility index (Phi) is 6.68. The fourth-order valence-electron chi connectivity index (χ4n) is 2.51. The van der Waals surface area contributed by atoms with Crippen molar-refractivity contribution in [2.75, 3.05) is 6.54 Å². The van der Waals surface area contributed by atoms with Crippen LogP contribution in [-0.4, -0.2) is 24.5 Å². The Labute approximate surface area is 138 Å². The maximum atomic E-state index is 13.0. The van der Waals surface area contributed by atoms with Crippen molar-refractivity contribution in [3.8, 4) is 0 Å². The molecule has 1 amide bonds. The van der Waals surface area contributed by atoms with Crippen LogP contribution in [0.15, 0.2) is 18.2 Å². The molecule has 1 aliphatic rings. The molecular formula is C14H19ClFIN2O. The van der Waals surface area contributed by atoms with Crippen molar-refractivity contribution in [2.24, 2.45) is 5.92 Å². The monoisotopic (exact) mass is 412 g/mol. The quantitative estimate of drug-likeness (QED) is 0.733. The number of halogens is 3. The van der Waals surface area contributed by atoms with E-state index in [1.807, 2.05) is 22.6 Å². The second-order valence-corrected chi connectivity index (χ2v) is 6.29. The molecule has 0 radical (unpaired) electrons. The van der Waals surface area contributed by atoms with Gasteiger partial charge in [0.25, 0.3) is 5.91 Å². The molecule has 0 spiro atoms. The third-order valence-electron chi connectivity index (χ3n) is 3.69. The molecule has 1 aromatic carbocycles. The third kappa shape index (κ3) is 4.05. The molecule has 1 aliphatic heterocycles. The summed E-state index contributed by atoms with van der Waals surface area (Å²) in [6, 6.07) is 4.61. The number of benzene rings is 1. The van der Waals surface area contributed by atoms with Crippen molar-refractivity contribution in [3.63, 3.8) is 0 Å². The average Bonchev–Trinajstić information content (AvgIpc) is 2.33. The molecule has 6 heteroatoms. The average molecular weight is 413 g/mol. The maximum absolute atomic E-state index is 13.0. The van der Waals surface area contributed by atoms with Crippen LogP contribution < -0.4 is 10.6 Å². The summed E-state index contributed by atoms with van der Waals surface area (Å²) in [5.41, 5.74) is 0.534. The van der Waals surface area contributed by atoms with Crippen LogP contribution in [0.25, 0.3) is 0 Å². The van der Waals surface area contributed by atoms with E-state index in [0.29, 0.717) is 15.1 Å². The van der Waals surface area contributed by atoms with Gasteiger partial charge in [0, 0.05) is 15.7 Å². The van der Waals surface area contributed by atoms with Crippen molar-refractivity contribution in [1.82, 2.24) is 10.6 Å². The number of carbonyl (C=O) groups is 1. The van der Waals surface area contributed by atoms with Gasteiger partial charge in [0.1, 0.15) is 5.82 Å². The highest BCUT2D eigenvalue weighted by molar-refractivity contribution is 14.1. The van der Waals surface area contributed by atoms with Crippen LogP contribution in [0, 0.1) is 15.3 Å². The summed E-state index contributed by atoms with van der Waals surface area (Å²) in [6.45, 7) is 5.22. The topological polar surface area (TPSA) is 41.1 Å². The molecule has 2 rings (SSSR count). The maximum Gasteiger partial charge on any atom is 0.252 e. The Hall–Kier alpha value is -0.400. The summed E-state index contributed by atoms with van der Waals surface area (Å²) < 4.78 is 13.7. The number of piperidine rings is 1. The van der Waals surface area contributed by atoms with Gasteiger partial charge >= 0.3 is 0 Å². The molecule has 0 saturated carbocycles. The molecule has 1 aromatic rings. The number of amides is 1. The number of nitrogens with one attached hydrogen (secondary N) is 2. The minimum atomic E-state index is -0.318. The SMILES string of the molecule is CC1CCNC(C)C1NC(=O)c1ccc(F)cc1I.Cl. The molecule has 3 unspecified atom stereocenters. The Morgan fingerprint density at radius 2 is 2.15 bits per heavy atom. The summed E-state index contributed by atoms with van der Waals surface area (Å²) in [6.07, 6.45) is 1.05. The Morgan fingerprint density at radius 3 is 2.75 bits per heavy atom. The van der Waals surface area contributed by atoms with E-state index in [4.69, 9.17) is 0 Å². The minimum Gasteiger partial charge on any atom is -0.347 e. The van der Waals surface area contributed by atoms with Gasteiger partial charge in [-0.3, -0.25) is 4.79 Å². The molecule has 1 heterocycles. The zero-order chi connectivity index (χ0) is 14.0. The first kappa shape index (κ1) is 17.7. The van der Waals surface area contributed by atoms with Crippen molar-refractivity contribution in [3.05, 3.63) is 33.1 Å². The van der Waals surface area contributed by atoms with E-state index in [1.54, 1.807) is 0 Å². The lowest BCUT2D eigenvalue weighted by Crippen LogP contribution is -2.56. The summed E-state index contributed by atoms with van der Waals surface area (Å²) in [4.78, 5) is 12.3. The van der Waals surface area contributed by atoms with Gasteiger partial charge in [-0.1, -0.05) is 6.92 Å². The molecule has 0 bridgehead atoms. The lowest BCUT2D eigenvalue weighted by atomic mass is 9.89. The molecule has 1 saturated heterocycles. The zero-order valence-electron chi connectivity index (χ0n) is 11.5. The van der Waals surface area contributed by atoms with Crippen molar-refractivity contribution < 1.29 is 9.18 Å². The fourth-order valence-corrected chi connectivity index (χ4v) is 3.23. The van der Waals surface area contributed by atoms with Gasteiger partial charge in [-0.15, -0.1) is 12.4 Å². The molecule has 3 atom stereocenters. The second kappa shape index (κ2) is 7.56. The molecule has 1 fully saturated rings. The van der Waals surface area contributed by atoms with Gasteiger partial charge in [0.05, 0.1) is 5.56 Å². The summed E-state index contributed by atoms with van der Waals surface area (Å²) >= 11 is 1.99. The van der Waals surface area contributed by atoms with Gasteiger partial charge in [-0.25, -0.2) is 4.39 Å². The lowest BCUT2D eigenvalue weighted by Gasteiger charge is -2.36. The highest BCUT2D eigenvalue weighted by atomic mass is 127. The van der Waals surface area contributed by atoms with E-state index < -0.39 is 0 Å². The van der Waals surface area contributed by atoms with E-state index in [1.165, 1.54) is 18.2 Å². The molecule has 2 N–H and O–H groups in total. The number of hydrogen-bond donors (Lipinski definition) is 2. The van der Waals surface area contributed by atoms with Crippen molar-refractivity contribution in [2.45, 2.75) is 32.4 Å². The number of carbonyl (C=O) groups excluding carboxylic acids is 1. The molecule has 112 valence electrons. The van der Waals surface area contributed by atoms with Gasteiger partial charge in [0.2, 0.25) is 0 Å². The van der Waals surface area contributed by atoms with E-state index >= 15 is 0 Å². The number of rotatable bonds is 2. The minimum absolute atomic E-state index is 0. The predicted octanol–water partition coefficient (Wildman–Crippen LogP) is 2.97. The summed E-state index contributed by atoms with van der Waals surface area (Å²) in [7, 11) is 0. The van der Waals surface area contributed by atoms with Gasteiger partial charge < -0.3 is 10.6 Å². The first-order valence-corrected chi connectivity index (χ1v) is 7.56. The number of hydrogen-bond acceptors (Lipinski definition) is 2. The van der Waals surface area contributed by atoms with Gasteiger partial charge in [-0.2, -0.15) is 0 Å². The Morgan fingerprint density at radius 1 is 1.45 bits per heavy atom. The molecular weight excluding hydrogens is 394 g/mol. The van der Waals surface area contributed by atoms with Gasteiger partial charge in [-0.05, 0) is 66.6 Å². The van der Waals surface area contributed by atoms with Crippen LogP contribution in [0.5, 0.6) is 0 Å². The Bertz CT molecular complexity index is 476. The zero-order valence-corrected chi connectivity index (χ0v) is 14.4. The van der Waals surface area contributed by atoms with Crippen LogP contribution in [0.2, 0.25) is 0 Å². The first-order valence-electron chi connectivity index (χ1n) is 6.48. The molecule has 20 heavy (non-hydrogen) atoms. The highest BCUT2D eigenvalue weighted by Crippen LogP contribution is 2.18. The lowest BCUT2D eigenvalue weighted by molar-refractivity contribution is 0.0896. The van der Waals surface area contributed by atoms with Gasteiger partial charge in [0.15, 0.2) is 0 Å². The molecule has 3 nitrogen and oxygen atoms in total. The van der Waals surface area contributed by atoms with Crippen LogP contribution in [0.4, 0.5) is 4.39 Å². The van der Waals surface area contributed by atoms with Crippen LogP contribution in [-0.2, 0) is 0 Å². The van der Waals surface area contributed by atoms with Crippen LogP contribution in [0.3, 0.4) is 0 Å². The van der Waals surface area contributed by atoms with E-state index in [0.717, 1.165) is 13.0 Å². The Balaban J connectivity index is 0.00000200. The smallest absolute Gasteiger partial charge is 0.252 e. The van der Waals surface area contributed by atoms with E-state index in [9.17, 15) is 9.18 Å². The summed E-state index contributed by atoms with van der Waals surface area (Å²) in [5.74, 6) is -0.00266. The fraction of sp³-hybridized carbons (Fsp3) is 0.500. The third-order valence-corrected chi connectivity index (χ3v) is 4.58. The van der Waals surface area contributed by atoms with E-state index in [-0.39, 0.29) is 36.2 Å². The van der Waals surface area contributed by atoms with E-state index in [2.05, 4.69) is 24.5 Å². The largest absolute Gasteiger partial charge is 0.347 e. The van der Waals surface area contributed by atoms with Crippen molar-refractivity contribution >= 4 is 40.9 Å². The standard InChI is InChI=1S/C14H18FIN2O.ClH/c1-8-5-6-17-9(2)13(8)18-14(19)11-4-3-10(15)7-12(11)16;/h3-4,7-9,13,17H,5-6H2,1-2H3,(H,18,19);1H.